The van der Waals surface area contributed by atoms with Crippen LogP contribution in [0.5, 0.6) is 0 Å². The first-order valence-corrected chi connectivity index (χ1v) is 7.49. The van der Waals surface area contributed by atoms with Gasteiger partial charge in [0.2, 0.25) is 5.95 Å². The molecular formula is C17H24N4. The Morgan fingerprint density at radius 3 is 2.33 bits per heavy atom. The van der Waals surface area contributed by atoms with Crippen LogP contribution in [0.4, 0.5) is 11.8 Å². The minimum atomic E-state index is 0.300. The van der Waals surface area contributed by atoms with E-state index < -0.39 is 0 Å². The van der Waals surface area contributed by atoms with Crippen LogP contribution in [0.25, 0.3) is 11.3 Å². The van der Waals surface area contributed by atoms with E-state index in [1.807, 2.05) is 24.3 Å². The molecule has 0 spiro atoms. The van der Waals surface area contributed by atoms with Crippen LogP contribution in [-0.4, -0.2) is 22.6 Å². The molecular weight excluding hydrogens is 260 g/mol. The van der Waals surface area contributed by atoms with Gasteiger partial charge in [0.1, 0.15) is 5.82 Å². The fraction of sp³-hybridized carbons (Fsp3) is 0.412. The Morgan fingerprint density at radius 1 is 1.00 bits per heavy atom. The van der Waals surface area contributed by atoms with Crippen LogP contribution in [0.2, 0.25) is 0 Å². The van der Waals surface area contributed by atoms with Gasteiger partial charge in [-0.25, -0.2) is 4.98 Å². The van der Waals surface area contributed by atoms with E-state index in [2.05, 4.69) is 60.4 Å². The average molecular weight is 284 g/mol. The molecule has 0 bridgehead atoms. The van der Waals surface area contributed by atoms with Crippen molar-refractivity contribution in [3.05, 3.63) is 36.4 Å². The van der Waals surface area contributed by atoms with Crippen LogP contribution in [0.3, 0.4) is 0 Å². The third kappa shape index (κ3) is 4.74. The van der Waals surface area contributed by atoms with E-state index in [0.717, 1.165) is 23.6 Å². The van der Waals surface area contributed by atoms with E-state index in [9.17, 15) is 0 Å². The molecule has 0 saturated heterocycles. The van der Waals surface area contributed by atoms with Gasteiger partial charge in [-0.2, -0.15) is 4.98 Å². The molecule has 0 aliphatic rings. The molecule has 0 aliphatic heterocycles. The summed E-state index contributed by atoms with van der Waals surface area (Å²) in [6.07, 6.45) is 0. The lowest BCUT2D eigenvalue weighted by molar-refractivity contribution is 0.687. The molecule has 0 saturated carbocycles. The Bertz CT molecular complexity index is 564. The molecule has 112 valence electrons. The molecule has 4 nitrogen and oxygen atoms in total. The second-order valence-corrected chi connectivity index (χ2v) is 5.90. The summed E-state index contributed by atoms with van der Waals surface area (Å²) in [7, 11) is 0. The average Bonchev–Trinajstić information content (AvgIpc) is 2.45. The monoisotopic (exact) mass is 284 g/mol. The predicted octanol–water partition coefficient (Wildman–Crippen LogP) is 4.03. The number of anilines is 2. The zero-order chi connectivity index (χ0) is 15.2. The summed E-state index contributed by atoms with van der Waals surface area (Å²) < 4.78 is 0. The van der Waals surface area contributed by atoms with Gasteiger partial charge < -0.3 is 10.6 Å². The highest BCUT2D eigenvalue weighted by Gasteiger charge is 2.08. The van der Waals surface area contributed by atoms with Crippen molar-refractivity contribution in [1.29, 1.82) is 0 Å². The SMILES string of the molecule is CC(C)CNc1cc(-c2ccccc2)nc(NC(C)C)n1. The van der Waals surface area contributed by atoms with E-state index in [1.165, 1.54) is 0 Å². The van der Waals surface area contributed by atoms with E-state index in [-0.39, 0.29) is 0 Å². The lowest BCUT2D eigenvalue weighted by atomic mass is 10.1. The van der Waals surface area contributed by atoms with E-state index >= 15 is 0 Å². The third-order valence-electron chi connectivity index (χ3n) is 2.90. The first-order valence-electron chi connectivity index (χ1n) is 7.49. The van der Waals surface area contributed by atoms with Crippen molar-refractivity contribution in [3.8, 4) is 11.3 Å². The molecule has 2 N–H and O–H groups in total. The summed E-state index contributed by atoms with van der Waals surface area (Å²) in [4.78, 5) is 9.15. The van der Waals surface area contributed by atoms with Crippen LogP contribution in [0.15, 0.2) is 36.4 Å². The predicted molar refractivity (Wildman–Crippen MR) is 89.6 cm³/mol. The molecule has 0 aliphatic carbocycles. The maximum atomic E-state index is 4.61. The van der Waals surface area contributed by atoms with Crippen LogP contribution in [-0.2, 0) is 0 Å². The third-order valence-corrected chi connectivity index (χ3v) is 2.90. The van der Waals surface area contributed by atoms with Gasteiger partial charge in [-0.1, -0.05) is 44.2 Å². The van der Waals surface area contributed by atoms with Gasteiger partial charge in [-0.15, -0.1) is 0 Å². The van der Waals surface area contributed by atoms with Crippen molar-refractivity contribution in [2.45, 2.75) is 33.7 Å². The van der Waals surface area contributed by atoms with Crippen LogP contribution < -0.4 is 10.6 Å². The molecule has 0 radical (unpaired) electrons. The maximum absolute atomic E-state index is 4.61. The van der Waals surface area contributed by atoms with Crippen molar-refractivity contribution in [1.82, 2.24) is 9.97 Å². The largest absolute Gasteiger partial charge is 0.370 e. The summed E-state index contributed by atoms with van der Waals surface area (Å²) in [5.41, 5.74) is 2.03. The molecule has 2 rings (SSSR count). The van der Waals surface area contributed by atoms with Gasteiger partial charge in [0, 0.05) is 24.2 Å². The number of benzene rings is 1. The molecule has 4 heteroatoms. The van der Waals surface area contributed by atoms with Crippen molar-refractivity contribution in [2.75, 3.05) is 17.2 Å². The summed E-state index contributed by atoms with van der Waals surface area (Å²) in [6.45, 7) is 9.42. The molecule has 0 amide bonds. The molecule has 21 heavy (non-hydrogen) atoms. The minimum absolute atomic E-state index is 0.300. The van der Waals surface area contributed by atoms with Crippen molar-refractivity contribution in [2.24, 2.45) is 5.92 Å². The molecule has 0 atom stereocenters. The zero-order valence-corrected chi connectivity index (χ0v) is 13.2. The Morgan fingerprint density at radius 2 is 1.71 bits per heavy atom. The van der Waals surface area contributed by atoms with Gasteiger partial charge >= 0.3 is 0 Å². The molecule has 0 unspecified atom stereocenters. The number of aromatic nitrogens is 2. The first-order chi connectivity index (χ1) is 10.0. The van der Waals surface area contributed by atoms with Gasteiger partial charge in [0.05, 0.1) is 5.69 Å². The molecule has 1 aromatic carbocycles. The van der Waals surface area contributed by atoms with Crippen molar-refractivity contribution >= 4 is 11.8 Å². The second-order valence-electron chi connectivity index (χ2n) is 5.90. The standard InChI is InChI=1S/C17H24N4/c1-12(2)11-18-16-10-15(14-8-6-5-7-9-14)20-17(21-16)19-13(3)4/h5-10,12-13H,11H2,1-4H3,(H2,18,19,20,21). The number of rotatable bonds is 6. The van der Waals surface area contributed by atoms with Crippen LogP contribution >= 0.6 is 0 Å². The molecule has 1 heterocycles. The van der Waals surface area contributed by atoms with Crippen molar-refractivity contribution < 1.29 is 0 Å². The van der Waals surface area contributed by atoms with Gasteiger partial charge in [-0.05, 0) is 19.8 Å². The topological polar surface area (TPSA) is 49.8 Å². The number of nitrogens with one attached hydrogen (secondary N) is 2. The molecule has 0 fully saturated rings. The highest BCUT2D eigenvalue weighted by molar-refractivity contribution is 5.64. The number of hydrogen-bond donors (Lipinski definition) is 2. The Labute approximate surface area is 127 Å². The maximum Gasteiger partial charge on any atom is 0.225 e. The summed E-state index contributed by atoms with van der Waals surface area (Å²) >= 11 is 0. The fourth-order valence-corrected chi connectivity index (χ4v) is 1.93. The number of hydrogen-bond acceptors (Lipinski definition) is 4. The molecule has 2 aromatic rings. The normalized spacial score (nSPS) is 11.0. The van der Waals surface area contributed by atoms with E-state index in [1.54, 1.807) is 0 Å². The zero-order valence-electron chi connectivity index (χ0n) is 13.2. The van der Waals surface area contributed by atoms with Gasteiger partial charge in [0.25, 0.3) is 0 Å². The van der Waals surface area contributed by atoms with Crippen LogP contribution in [0, 0.1) is 5.92 Å². The van der Waals surface area contributed by atoms with Crippen molar-refractivity contribution in [3.63, 3.8) is 0 Å². The number of nitrogens with zero attached hydrogens (tertiary/aromatic N) is 2. The minimum Gasteiger partial charge on any atom is -0.370 e. The van der Waals surface area contributed by atoms with E-state index in [0.29, 0.717) is 17.9 Å². The van der Waals surface area contributed by atoms with Crippen LogP contribution in [0.1, 0.15) is 27.7 Å². The van der Waals surface area contributed by atoms with E-state index in [4.69, 9.17) is 0 Å². The summed E-state index contributed by atoms with van der Waals surface area (Å²) in [6, 6.07) is 12.5. The summed E-state index contributed by atoms with van der Waals surface area (Å²) in [5, 5.41) is 6.66. The molecule has 1 aromatic heterocycles. The smallest absolute Gasteiger partial charge is 0.225 e. The Balaban J connectivity index is 2.32. The first kappa shape index (κ1) is 15.3. The fourth-order valence-electron chi connectivity index (χ4n) is 1.93. The highest BCUT2D eigenvalue weighted by Crippen LogP contribution is 2.21. The lowest BCUT2D eigenvalue weighted by Gasteiger charge is -2.14. The quantitative estimate of drug-likeness (QED) is 0.840. The Hall–Kier alpha value is -2.10. The Kier molecular flexibility index (Phi) is 5.14. The summed E-state index contributed by atoms with van der Waals surface area (Å²) in [5.74, 6) is 2.10. The second kappa shape index (κ2) is 7.07. The van der Waals surface area contributed by atoms with Gasteiger partial charge in [0.15, 0.2) is 0 Å². The highest BCUT2D eigenvalue weighted by atomic mass is 15.1. The van der Waals surface area contributed by atoms with Gasteiger partial charge in [-0.3, -0.25) is 0 Å². The lowest BCUT2D eigenvalue weighted by Crippen LogP contribution is -2.15.